The van der Waals surface area contributed by atoms with Gasteiger partial charge in [0.2, 0.25) is 0 Å². The van der Waals surface area contributed by atoms with Crippen LogP contribution < -0.4 is 11.3 Å². The normalized spacial score (nSPS) is 33.1. The Morgan fingerprint density at radius 2 is 2.33 bits per heavy atom. The van der Waals surface area contributed by atoms with E-state index in [1.165, 1.54) is 0 Å². The van der Waals surface area contributed by atoms with E-state index in [4.69, 9.17) is 5.84 Å². The quantitative estimate of drug-likeness (QED) is 0.280. The van der Waals surface area contributed by atoms with Gasteiger partial charge in [-0.15, -0.1) is 0 Å². The molecule has 1 aliphatic rings. The van der Waals surface area contributed by atoms with Gasteiger partial charge in [-0.2, -0.15) is 0 Å². The van der Waals surface area contributed by atoms with Gasteiger partial charge in [-0.3, -0.25) is 5.84 Å². The molecule has 0 amide bonds. The maximum atomic E-state index is 5.26. The molecule has 1 unspecified atom stereocenters. The van der Waals surface area contributed by atoms with E-state index in [9.17, 15) is 0 Å². The number of hydrogen-bond donors (Lipinski definition) is 2. The summed E-state index contributed by atoms with van der Waals surface area (Å²) >= 11 is 3.42. The Labute approximate surface area is 62.9 Å². The van der Waals surface area contributed by atoms with E-state index >= 15 is 0 Å². The molecule has 0 aromatic rings. The lowest BCUT2D eigenvalue weighted by Gasteiger charge is -2.22. The molecule has 0 bridgehead atoms. The molecule has 1 aliphatic carbocycles. The van der Waals surface area contributed by atoms with Crippen LogP contribution in [-0.2, 0) is 0 Å². The summed E-state index contributed by atoms with van der Waals surface area (Å²) in [6.07, 6.45) is 8.87. The number of allylic oxidation sites excluding steroid dienone is 2. The van der Waals surface area contributed by atoms with Crippen molar-refractivity contribution in [1.29, 1.82) is 0 Å². The molecule has 0 aromatic heterocycles. The number of nitrogens with one attached hydrogen (secondary N) is 1. The molecule has 0 fully saturated rings. The Balaban J connectivity index is 2.63. The van der Waals surface area contributed by atoms with Crippen LogP contribution in [0.3, 0.4) is 0 Å². The highest BCUT2D eigenvalue weighted by Gasteiger charge is 2.19. The third-order valence-electron chi connectivity index (χ3n) is 1.26. The first kappa shape index (κ1) is 6.99. The smallest absolute Gasteiger partial charge is 0.109 e. The lowest BCUT2D eigenvalue weighted by Crippen LogP contribution is -2.42. The van der Waals surface area contributed by atoms with Crippen LogP contribution in [0.1, 0.15) is 6.42 Å². The molecule has 0 spiro atoms. The van der Waals surface area contributed by atoms with Gasteiger partial charge in [0.1, 0.15) is 4.45 Å². The first-order valence-corrected chi connectivity index (χ1v) is 3.57. The second-order valence-corrected chi connectivity index (χ2v) is 3.41. The van der Waals surface area contributed by atoms with E-state index in [2.05, 4.69) is 27.4 Å². The van der Waals surface area contributed by atoms with E-state index < -0.39 is 0 Å². The van der Waals surface area contributed by atoms with Crippen molar-refractivity contribution in [3.05, 3.63) is 24.3 Å². The Morgan fingerprint density at radius 1 is 1.56 bits per heavy atom. The Bertz CT molecular complexity index is 153. The predicted octanol–water partition coefficient (Wildman–Crippen LogP) is 1.06. The van der Waals surface area contributed by atoms with Crippen LogP contribution >= 0.6 is 15.9 Å². The largest absolute Gasteiger partial charge is 0.270 e. The fourth-order valence-electron chi connectivity index (χ4n) is 0.701. The maximum absolute atomic E-state index is 5.26. The number of rotatable bonds is 1. The number of halogens is 1. The zero-order chi connectivity index (χ0) is 6.74. The average molecular weight is 189 g/mol. The highest BCUT2D eigenvalue weighted by Crippen LogP contribution is 2.22. The third-order valence-corrected chi connectivity index (χ3v) is 2.08. The van der Waals surface area contributed by atoms with Gasteiger partial charge in [0.15, 0.2) is 0 Å². The minimum atomic E-state index is -0.207. The van der Waals surface area contributed by atoms with Crippen LogP contribution in [0.2, 0.25) is 0 Å². The second-order valence-electron chi connectivity index (χ2n) is 2.00. The molecule has 9 heavy (non-hydrogen) atoms. The van der Waals surface area contributed by atoms with Gasteiger partial charge >= 0.3 is 0 Å². The van der Waals surface area contributed by atoms with Crippen LogP contribution in [0.15, 0.2) is 24.3 Å². The minimum absolute atomic E-state index is 0.207. The van der Waals surface area contributed by atoms with E-state index in [1.54, 1.807) is 0 Å². The lowest BCUT2D eigenvalue weighted by molar-refractivity contribution is 0.585. The summed E-state index contributed by atoms with van der Waals surface area (Å²) in [6, 6.07) is 0. The third kappa shape index (κ3) is 1.64. The fraction of sp³-hybridized carbons (Fsp3) is 0.333. The molecular formula is C6H9BrN2. The molecule has 2 nitrogen and oxygen atoms in total. The molecule has 0 aliphatic heterocycles. The zero-order valence-electron chi connectivity index (χ0n) is 4.97. The number of alkyl halides is 1. The van der Waals surface area contributed by atoms with E-state index in [-0.39, 0.29) is 4.45 Å². The highest BCUT2D eigenvalue weighted by atomic mass is 79.9. The van der Waals surface area contributed by atoms with Crippen LogP contribution in [0.5, 0.6) is 0 Å². The minimum Gasteiger partial charge on any atom is -0.270 e. The molecule has 1 atom stereocenters. The predicted molar refractivity (Wildman–Crippen MR) is 41.9 cm³/mol. The first-order chi connectivity index (χ1) is 4.27. The first-order valence-electron chi connectivity index (χ1n) is 2.78. The van der Waals surface area contributed by atoms with E-state index in [0.717, 1.165) is 6.42 Å². The molecule has 0 radical (unpaired) electrons. The molecule has 1 rings (SSSR count). The summed E-state index contributed by atoms with van der Waals surface area (Å²) in [5.41, 5.74) is 2.66. The van der Waals surface area contributed by atoms with Crippen LogP contribution in [0, 0.1) is 0 Å². The number of hydrazine groups is 1. The molecule has 3 heteroatoms. The van der Waals surface area contributed by atoms with Crippen molar-refractivity contribution in [3.63, 3.8) is 0 Å². The molecule has 0 aromatic carbocycles. The summed E-state index contributed by atoms with van der Waals surface area (Å²) in [5.74, 6) is 5.26. The molecular weight excluding hydrogens is 180 g/mol. The van der Waals surface area contributed by atoms with E-state index in [0.29, 0.717) is 0 Å². The number of nitrogens with two attached hydrogens (primary N) is 1. The van der Waals surface area contributed by atoms with Crippen LogP contribution in [0.25, 0.3) is 0 Å². The van der Waals surface area contributed by atoms with Crippen molar-refractivity contribution in [2.75, 3.05) is 0 Å². The van der Waals surface area contributed by atoms with Gasteiger partial charge < -0.3 is 0 Å². The van der Waals surface area contributed by atoms with Gasteiger partial charge in [0.25, 0.3) is 0 Å². The summed E-state index contributed by atoms with van der Waals surface area (Å²) < 4.78 is -0.207. The lowest BCUT2D eigenvalue weighted by atomic mass is 10.1. The molecule has 3 N–H and O–H groups in total. The average Bonchev–Trinajstić information content (AvgIpc) is 1.90. The van der Waals surface area contributed by atoms with Gasteiger partial charge in [-0.05, 0) is 6.42 Å². The summed E-state index contributed by atoms with van der Waals surface area (Å²) in [6.45, 7) is 0. The maximum Gasteiger partial charge on any atom is 0.109 e. The van der Waals surface area contributed by atoms with Crippen LogP contribution in [-0.4, -0.2) is 4.45 Å². The van der Waals surface area contributed by atoms with Gasteiger partial charge in [0.05, 0.1) is 0 Å². The van der Waals surface area contributed by atoms with Crippen molar-refractivity contribution in [3.8, 4) is 0 Å². The summed E-state index contributed by atoms with van der Waals surface area (Å²) in [7, 11) is 0. The Morgan fingerprint density at radius 3 is 2.67 bits per heavy atom. The van der Waals surface area contributed by atoms with Gasteiger partial charge in [0, 0.05) is 0 Å². The van der Waals surface area contributed by atoms with Crippen LogP contribution in [0.4, 0.5) is 0 Å². The summed E-state index contributed by atoms with van der Waals surface area (Å²) in [4.78, 5) is 0. The van der Waals surface area contributed by atoms with Crippen molar-refractivity contribution in [2.45, 2.75) is 10.9 Å². The molecule has 50 valence electrons. The molecule has 0 heterocycles. The second kappa shape index (κ2) is 2.64. The van der Waals surface area contributed by atoms with Crippen molar-refractivity contribution in [1.82, 2.24) is 5.43 Å². The molecule has 0 saturated heterocycles. The zero-order valence-corrected chi connectivity index (χ0v) is 6.56. The highest BCUT2D eigenvalue weighted by molar-refractivity contribution is 9.10. The standard InChI is InChI=1S/C6H9BrN2/c7-6(9-8)4-2-1-3-5-6/h1-4,9H,5,8H2. The van der Waals surface area contributed by atoms with E-state index in [1.807, 2.05) is 18.2 Å². The van der Waals surface area contributed by atoms with Crippen molar-refractivity contribution >= 4 is 15.9 Å². The topological polar surface area (TPSA) is 38.0 Å². The monoisotopic (exact) mass is 188 g/mol. The van der Waals surface area contributed by atoms with Crippen molar-refractivity contribution < 1.29 is 0 Å². The fourth-order valence-corrected chi connectivity index (χ4v) is 1.04. The molecule has 0 saturated carbocycles. The van der Waals surface area contributed by atoms with Gasteiger partial charge in [-0.25, -0.2) is 5.43 Å². The van der Waals surface area contributed by atoms with Gasteiger partial charge in [-0.1, -0.05) is 40.2 Å². The van der Waals surface area contributed by atoms with Crippen molar-refractivity contribution in [2.24, 2.45) is 5.84 Å². The number of hydrogen-bond acceptors (Lipinski definition) is 2. The Kier molecular flexibility index (Phi) is 2.05. The summed E-state index contributed by atoms with van der Waals surface area (Å²) in [5, 5.41) is 0. The SMILES string of the molecule is NNC1(Br)C=CC=CC1. The Hall–Kier alpha value is -0.120.